The third-order valence-corrected chi connectivity index (χ3v) is 4.41. The Labute approximate surface area is 112 Å². The lowest BCUT2D eigenvalue weighted by molar-refractivity contribution is -0.127. The van der Waals surface area contributed by atoms with Crippen LogP contribution in [0.15, 0.2) is 30.3 Å². The molecule has 4 heteroatoms. The molecule has 1 aromatic rings. The number of nitrogens with one attached hydrogen (secondary N) is 2. The van der Waals surface area contributed by atoms with E-state index in [0.717, 1.165) is 18.8 Å². The molecule has 0 saturated heterocycles. The number of benzene rings is 1. The molecule has 0 spiro atoms. The predicted molar refractivity (Wildman–Crippen MR) is 71.0 cm³/mol. The lowest BCUT2D eigenvalue weighted by atomic mass is 9.88. The first-order chi connectivity index (χ1) is 9.24. The zero-order valence-electron chi connectivity index (χ0n) is 10.8. The van der Waals surface area contributed by atoms with Gasteiger partial charge in [0.2, 0.25) is 5.91 Å². The fourth-order valence-electron chi connectivity index (χ4n) is 3.44. The van der Waals surface area contributed by atoms with Gasteiger partial charge in [0, 0.05) is 11.5 Å². The molecule has 2 amide bonds. The first-order valence-electron chi connectivity index (χ1n) is 6.89. The van der Waals surface area contributed by atoms with Crippen molar-refractivity contribution in [2.75, 3.05) is 0 Å². The molecule has 0 radical (unpaired) electrons. The van der Waals surface area contributed by atoms with Crippen molar-refractivity contribution in [2.24, 2.45) is 17.8 Å². The van der Waals surface area contributed by atoms with Crippen LogP contribution in [0.3, 0.4) is 0 Å². The summed E-state index contributed by atoms with van der Waals surface area (Å²) in [6, 6.07) is 8.89. The molecule has 4 nitrogen and oxygen atoms in total. The van der Waals surface area contributed by atoms with Crippen LogP contribution in [-0.2, 0) is 4.79 Å². The fraction of sp³-hybridized carbons (Fsp3) is 0.467. The van der Waals surface area contributed by atoms with Crippen LogP contribution >= 0.6 is 0 Å². The Morgan fingerprint density at radius 1 is 1.00 bits per heavy atom. The molecule has 0 aromatic heterocycles. The lowest BCUT2D eigenvalue weighted by Gasteiger charge is -2.20. The lowest BCUT2D eigenvalue weighted by Crippen LogP contribution is -2.45. The van der Waals surface area contributed by atoms with Gasteiger partial charge in [-0.1, -0.05) is 24.6 Å². The highest BCUT2D eigenvalue weighted by atomic mass is 16.2. The predicted octanol–water partition coefficient (Wildman–Crippen LogP) is 1.88. The molecule has 2 aliphatic rings. The topological polar surface area (TPSA) is 58.2 Å². The van der Waals surface area contributed by atoms with Gasteiger partial charge < -0.3 is 0 Å². The summed E-state index contributed by atoms with van der Waals surface area (Å²) in [4.78, 5) is 23.8. The number of hydrogen-bond donors (Lipinski definition) is 2. The maximum atomic E-state index is 12.0. The van der Waals surface area contributed by atoms with E-state index in [1.807, 2.05) is 6.07 Å². The zero-order valence-corrected chi connectivity index (χ0v) is 10.8. The van der Waals surface area contributed by atoms with Gasteiger partial charge in [-0.3, -0.25) is 20.4 Å². The molecule has 2 bridgehead atoms. The first kappa shape index (κ1) is 12.2. The van der Waals surface area contributed by atoms with Crippen LogP contribution in [0.1, 0.15) is 36.0 Å². The Balaban J connectivity index is 1.52. The van der Waals surface area contributed by atoms with Crippen LogP contribution in [0.4, 0.5) is 0 Å². The Bertz CT molecular complexity index is 486. The van der Waals surface area contributed by atoms with Gasteiger partial charge in [0.25, 0.3) is 5.91 Å². The SMILES string of the molecule is O=C(NNC(=O)[C@@H]1C[C@H]2CC[C@@H]1C2)c1ccccc1. The van der Waals surface area contributed by atoms with E-state index < -0.39 is 0 Å². The number of hydrazine groups is 1. The van der Waals surface area contributed by atoms with Gasteiger partial charge in [0.05, 0.1) is 0 Å². The molecule has 0 heterocycles. The van der Waals surface area contributed by atoms with Crippen LogP contribution < -0.4 is 10.9 Å². The molecule has 100 valence electrons. The minimum Gasteiger partial charge on any atom is -0.273 e. The van der Waals surface area contributed by atoms with Crippen molar-refractivity contribution in [3.63, 3.8) is 0 Å². The number of rotatable bonds is 2. The van der Waals surface area contributed by atoms with Crippen molar-refractivity contribution < 1.29 is 9.59 Å². The van der Waals surface area contributed by atoms with E-state index in [4.69, 9.17) is 0 Å². The third-order valence-electron chi connectivity index (χ3n) is 4.41. The summed E-state index contributed by atoms with van der Waals surface area (Å²) in [5, 5.41) is 0. The van der Waals surface area contributed by atoms with Gasteiger partial charge in [-0.05, 0) is 43.2 Å². The van der Waals surface area contributed by atoms with E-state index in [0.29, 0.717) is 11.5 Å². The average Bonchev–Trinajstić information content (AvgIpc) is 3.08. The molecular weight excluding hydrogens is 240 g/mol. The molecule has 3 atom stereocenters. The molecular formula is C15H18N2O2. The van der Waals surface area contributed by atoms with Gasteiger partial charge in [-0.2, -0.15) is 0 Å². The summed E-state index contributed by atoms with van der Waals surface area (Å²) < 4.78 is 0. The number of carbonyl (C=O) groups is 2. The third kappa shape index (κ3) is 2.48. The van der Waals surface area contributed by atoms with E-state index in [9.17, 15) is 9.59 Å². The van der Waals surface area contributed by atoms with Crippen LogP contribution in [0.2, 0.25) is 0 Å². The second kappa shape index (κ2) is 5.03. The maximum Gasteiger partial charge on any atom is 0.269 e. The zero-order chi connectivity index (χ0) is 13.2. The van der Waals surface area contributed by atoms with Crippen LogP contribution in [-0.4, -0.2) is 11.8 Å². The van der Waals surface area contributed by atoms with Gasteiger partial charge in [-0.25, -0.2) is 0 Å². The Hall–Kier alpha value is -1.84. The molecule has 0 unspecified atom stereocenters. The highest BCUT2D eigenvalue weighted by Gasteiger charge is 2.43. The quantitative estimate of drug-likeness (QED) is 0.796. The van der Waals surface area contributed by atoms with Crippen molar-refractivity contribution in [3.05, 3.63) is 35.9 Å². The van der Waals surface area contributed by atoms with E-state index >= 15 is 0 Å². The highest BCUT2D eigenvalue weighted by Crippen LogP contribution is 2.48. The van der Waals surface area contributed by atoms with Gasteiger partial charge in [0.15, 0.2) is 0 Å². The first-order valence-corrected chi connectivity index (χ1v) is 6.89. The van der Waals surface area contributed by atoms with E-state index in [2.05, 4.69) is 10.9 Å². The molecule has 0 aliphatic heterocycles. The van der Waals surface area contributed by atoms with Crippen molar-refractivity contribution >= 4 is 11.8 Å². The maximum absolute atomic E-state index is 12.0. The molecule has 2 N–H and O–H groups in total. The fourth-order valence-corrected chi connectivity index (χ4v) is 3.44. The number of carbonyl (C=O) groups excluding carboxylic acids is 2. The van der Waals surface area contributed by atoms with Crippen LogP contribution in [0.5, 0.6) is 0 Å². The van der Waals surface area contributed by atoms with Crippen molar-refractivity contribution in [1.82, 2.24) is 10.9 Å². The minimum absolute atomic E-state index is 0.0310. The average molecular weight is 258 g/mol. The molecule has 2 fully saturated rings. The molecule has 1 aromatic carbocycles. The van der Waals surface area contributed by atoms with E-state index in [1.54, 1.807) is 24.3 Å². The van der Waals surface area contributed by atoms with Crippen LogP contribution in [0.25, 0.3) is 0 Å². The Morgan fingerprint density at radius 3 is 2.42 bits per heavy atom. The van der Waals surface area contributed by atoms with Gasteiger partial charge in [-0.15, -0.1) is 0 Å². The smallest absolute Gasteiger partial charge is 0.269 e. The van der Waals surface area contributed by atoms with Crippen molar-refractivity contribution in [2.45, 2.75) is 25.7 Å². The van der Waals surface area contributed by atoms with Gasteiger partial charge >= 0.3 is 0 Å². The summed E-state index contributed by atoms with van der Waals surface area (Å²) in [5.41, 5.74) is 5.62. The number of hydrogen-bond acceptors (Lipinski definition) is 2. The second-order valence-corrected chi connectivity index (χ2v) is 5.59. The number of amides is 2. The van der Waals surface area contributed by atoms with Crippen molar-refractivity contribution in [3.8, 4) is 0 Å². The highest BCUT2D eigenvalue weighted by molar-refractivity contribution is 5.95. The molecule has 2 saturated carbocycles. The number of fused-ring (bicyclic) bond motifs is 2. The second-order valence-electron chi connectivity index (χ2n) is 5.59. The standard InChI is InChI=1S/C15H18N2O2/c18-14(11-4-2-1-3-5-11)16-17-15(19)13-9-10-6-7-12(13)8-10/h1-5,10,12-13H,6-9H2,(H,16,18)(H,17,19)/t10-,12+,13+/m0/s1. The summed E-state index contributed by atoms with van der Waals surface area (Å²) in [5.74, 6) is 1.05. The monoisotopic (exact) mass is 258 g/mol. The molecule has 19 heavy (non-hydrogen) atoms. The summed E-state index contributed by atoms with van der Waals surface area (Å²) in [7, 11) is 0. The normalized spacial score (nSPS) is 28.1. The van der Waals surface area contributed by atoms with Crippen LogP contribution in [0, 0.1) is 17.8 Å². The van der Waals surface area contributed by atoms with E-state index in [-0.39, 0.29) is 17.7 Å². The minimum atomic E-state index is -0.267. The Morgan fingerprint density at radius 2 is 1.79 bits per heavy atom. The van der Waals surface area contributed by atoms with Crippen molar-refractivity contribution in [1.29, 1.82) is 0 Å². The molecule has 3 rings (SSSR count). The van der Waals surface area contributed by atoms with Gasteiger partial charge in [0.1, 0.15) is 0 Å². The van der Waals surface area contributed by atoms with E-state index in [1.165, 1.54) is 12.8 Å². The summed E-state index contributed by atoms with van der Waals surface area (Å²) >= 11 is 0. The summed E-state index contributed by atoms with van der Waals surface area (Å²) in [6.07, 6.45) is 4.60. The molecule has 2 aliphatic carbocycles. The largest absolute Gasteiger partial charge is 0.273 e. The summed E-state index contributed by atoms with van der Waals surface area (Å²) in [6.45, 7) is 0. The Kier molecular flexibility index (Phi) is 3.23.